The Morgan fingerprint density at radius 3 is 2.91 bits per heavy atom. The summed E-state index contributed by atoms with van der Waals surface area (Å²) in [6.07, 6.45) is 0.275. The van der Waals surface area contributed by atoms with Crippen molar-refractivity contribution in [3.05, 3.63) is 15.0 Å². The first-order valence-electron chi connectivity index (χ1n) is 7.44. The van der Waals surface area contributed by atoms with Gasteiger partial charge in [-0.25, -0.2) is 9.48 Å². The Hall–Kier alpha value is -0.870. The molecule has 2 aliphatic heterocycles. The zero-order valence-electron chi connectivity index (χ0n) is 13.1. The van der Waals surface area contributed by atoms with Gasteiger partial charge in [0.2, 0.25) is 6.35 Å². The first-order valence-corrected chi connectivity index (χ1v) is 8.52. The number of rotatable bonds is 1. The molecular formula is C14H21IN4O3. The minimum absolute atomic E-state index is 0.240. The van der Waals surface area contributed by atoms with Crippen LogP contribution >= 0.6 is 22.6 Å². The molecule has 0 aliphatic carbocycles. The number of nitrogens with one attached hydrogen (secondary N) is 1. The lowest BCUT2D eigenvalue weighted by molar-refractivity contribution is 0.0154. The van der Waals surface area contributed by atoms with Crippen molar-refractivity contribution in [1.82, 2.24) is 20.0 Å². The van der Waals surface area contributed by atoms with E-state index < -0.39 is 5.60 Å². The zero-order chi connectivity index (χ0) is 15.9. The average molecular weight is 420 g/mol. The van der Waals surface area contributed by atoms with Crippen LogP contribution in [0.25, 0.3) is 0 Å². The van der Waals surface area contributed by atoms with Gasteiger partial charge in [0.25, 0.3) is 0 Å². The molecule has 1 atom stereocenters. The number of fused-ring (bicyclic) bond motifs is 1. The van der Waals surface area contributed by atoms with E-state index in [0.717, 1.165) is 22.4 Å². The van der Waals surface area contributed by atoms with Crippen LogP contribution < -0.4 is 5.32 Å². The topological polar surface area (TPSA) is 68.6 Å². The second-order valence-electron chi connectivity index (χ2n) is 6.49. The normalized spacial score (nSPS) is 21.8. The molecule has 1 unspecified atom stereocenters. The van der Waals surface area contributed by atoms with Gasteiger partial charge in [-0.3, -0.25) is 5.32 Å². The van der Waals surface area contributed by atoms with Crippen molar-refractivity contribution in [2.45, 2.75) is 45.7 Å². The summed E-state index contributed by atoms with van der Waals surface area (Å²) >= 11 is 2.25. The van der Waals surface area contributed by atoms with Crippen LogP contribution in [0.2, 0.25) is 0 Å². The standard InChI is InChI=1S/C14H21IN4O3/c1-14(2,3)22-13(20)18-6-4-9-10(8-18)19(17-11(9)15)12-16-5-7-21-12/h12,16H,4-8H2,1-3H3. The molecule has 22 heavy (non-hydrogen) atoms. The Labute approximate surface area is 143 Å². The quantitative estimate of drug-likeness (QED) is 0.703. The van der Waals surface area contributed by atoms with E-state index in [1.807, 2.05) is 25.5 Å². The van der Waals surface area contributed by atoms with Crippen LogP contribution in [-0.2, 0) is 22.4 Å². The third-order valence-corrected chi connectivity index (χ3v) is 4.48. The summed E-state index contributed by atoms with van der Waals surface area (Å²) in [5.74, 6) is 0. The molecule has 1 aromatic rings. The molecule has 1 saturated heterocycles. The van der Waals surface area contributed by atoms with E-state index >= 15 is 0 Å². The van der Waals surface area contributed by atoms with E-state index in [4.69, 9.17) is 9.47 Å². The van der Waals surface area contributed by atoms with Crippen molar-refractivity contribution in [1.29, 1.82) is 0 Å². The van der Waals surface area contributed by atoms with Gasteiger partial charge in [0.1, 0.15) is 9.30 Å². The second-order valence-corrected chi connectivity index (χ2v) is 7.51. The monoisotopic (exact) mass is 420 g/mol. The van der Waals surface area contributed by atoms with Crippen molar-refractivity contribution >= 4 is 28.7 Å². The lowest BCUT2D eigenvalue weighted by Crippen LogP contribution is -2.41. The van der Waals surface area contributed by atoms with E-state index in [9.17, 15) is 4.79 Å². The summed E-state index contributed by atoms with van der Waals surface area (Å²) < 4.78 is 14.0. The van der Waals surface area contributed by atoms with E-state index in [2.05, 4.69) is 33.0 Å². The maximum absolute atomic E-state index is 12.3. The fraction of sp³-hybridized carbons (Fsp3) is 0.714. The fourth-order valence-electron chi connectivity index (χ4n) is 2.64. The van der Waals surface area contributed by atoms with Crippen LogP contribution in [0.1, 0.15) is 38.4 Å². The van der Waals surface area contributed by atoms with Gasteiger partial charge in [-0.2, -0.15) is 5.10 Å². The van der Waals surface area contributed by atoms with Crippen LogP contribution in [0, 0.1) is 3.70 Å². The van der Waals surface area contributed by atoms with Gasteiger partial charge in [-0.15, -0.1) is 0 Å². The molecule has 0 saturated carbocycles. The lowest BCUT2D eigenvalue weighted by atomic mass is 10.1. The molecule has 2 aliphatic rings. The van der Waals surface area contributed by atoms with Crippen LogP contribution in [-0.4, -0.2) is 46.1 Å². The summed E-state index contributed by atoms with van der Waals surface area (Å²) in [5, 5.41) is 7.84. The molecule has 1 N–H and O–H groups in total. The van der Waals surface area contributed by atoms with Gasteiger partial charge in [-0.1, -0.05) is 0 Å². The summed E-state index contributed by atoms with van der Waals surface area (Å²) in [4.78, 5) is 14.0. The molecule has 0 radical (unpaired) electrons. The minimum Gasteiger partial charge on any atom is -0.444 e. The predicted molar refractivity (Wildman–Crippen MR) is 88.3 cm³/mol. The van der Waals surface area contributed by atoms with Crippen LogP contribution in [0.4, 0.5) is 4.79 Å². The zero-order valence-corrected chi connectivity index (χ0v) is 15.2. The first kappa shape index (κ1) is 16.0. The Morgan fingerprint density at radius 2 is 2.27 bits per heavy atom. The highest BCUT2D eigenvalue weighted by Crippen LogP contribution is 2.27. The van der Waals surface area contributed by atoms with E-state index in [1.165, 1.54) is 5.56 Å². The molecule has 0 spiro atoms. The Morgan fingerprint density at radius 1 is 1.50 bits per heavy atom. The number of nitrogens with zero attached hydrogens (tertiary/aromatic N) is 3. The molecule has 8 heteroatoms. The third-order valence-electron chi connectivity index (χ3n) is 3.61. The first-order chi connectivity index (χ1) is 10.3. The molecule has 1 fully saturated rings. The minimum atomic E-state index is -0.484. The molecule has 1 amide bonds. The number of carbonyl (C=O) groups excluding carboxylic acids is 1. The highest BCUT2D eigenvalue weighted by Gasteiger charge is 2.32. The number of hydrogen-bond acceptors (Lipinski definition) is 5. The number of amides is 1. The molecule has 0 bridgehead atoms. The SMILES string of the molecule is CC(C)(C)OC(=O)N1CCc2c(I)nn(C3NCCO3)c2C1. The predicted octanol–water partition coefficient (Wildman–Crippen LogP) is 1.86. The van der Waals surface area contributed by atoms with Gasteiger partial charge in [0, 0.05) is 18.7 Å². The van der Waals surface area contributed by atoms with Crippen LogP contribution in [0.15, 0.2) is 0 Å². The molecule has 7 nitrogen and oxygen atoms in total. The summed E-state index contributed by atoms with van der Waals surface area (Å²) in [5.41, 5.74) is 1.75. The highest BCUT2D eigenvalue weighted by molar-refractivity contribution is 14.1. The maximum atomic E-state index is 12.3. The largest absolute Gasteiger partial charge is 0.444 e. The molecule has 1 aromatic heterocycles. The molecule has 3 rings (SSSR count). The van der Waals surface area contributed by atoms with Gasteiger partial charge < -0.3 is 14.4 Å². The third kappa shape index (κ3) is 3.23. The Bertz CT molecular complexity index is 575. The Kier molecular flexibility index (Phi) is 4.34. The fourth-order valence-corrected chi connectivity index (χ4v) is 3.45. The molecule has 3 heterocycles. The lowest BCUT2D eigenvalue weighted by Gasteiger charge is -2.30. The summed E-state index contributed by atoms with van der Waals surface area (Å²) in [6, 6.07) is 0. The van der Waals surface area contributed by atoms with Gasteiger partial charge in [0.15, 0.2) is 0 Å². The highest BCUT2D eigenvalue weighted by atomic mass is 127. The number of halogens is 1. The molecular weight excluding hydrogens is 399 g/mol. The van der Waals surface area contributed by atoms with Crippen LogP contribution in [0.3, 0.4) is 0 Å². The van der Waals surface area contributed by atoms with E-state index in [1.54, 1.807) is 4.90 Å². The number of ether oxygens (including phenoxy) is 2. The van der Waals surface area contributed by atoms with Gasteiger partial charge in [-0.05, 0) is 49.8 Å². The van der Waals surface area contributed by atoms with E-state index in [-0.39, 0.29) is 12.4 Å². The van der Waals surface area contributed by atoms with E-state index in [0.29, 0.717) is 19.7 Å². The van der Waals surface area contributed by atoms with Crippen molar-refractivity contribution in [2.75, 3.05) is 19.7 Å². The number of aromatic nitrogens is 2. The van der Waals surface area contributed by atoms with Crippen molar-refractivity contribution in [3.8, 4) is 0 Å². The average Bonchev–Trinajstić information content (AvgIpc) is 3.04. The van der Waals surface area contributed by atoms with Gasteiger partial charge >= 0.3 is 6.09 Å². The summed E-state index contributed by atoms with van der Waals surface area (Å²) in [7, 11) is 0. The second kappa shape index (κ2) is 5.97. The smallest absolute Gasteiger partial charge is 0.410 e. The summed E-state index contributed by atoms with van der Waals surface area (Å²) in [6.45, 7) is 8.28. The van der Waals surface area contributed by atoms with Crippen LogP contribution in [0.5, 0.6) is 0 Å². The van der Waals surface area contributed by atoms with Crippen molar-refractivity contribution in [2.24, 2.45) is 0 Å². The number of carbonyl (C=O) groups is 1. The Balaban J connectivity index is 1.80. The molecule has 122 valence electrons. The van der Waals surface area contributed by atoms with Gasteiger partial charge in [0.05, 0.1) is 18.8 Å². The molecule has 0 aromatic carbocycles. The van der Waals surface area contributed by atoms with Crippen molar-refractivity contribution in [3.63, 3.8) is 0 Å². The van der Waals surface area contributed by atoms with Crippen molar-refractivity contribution < 1.29 is 14.3 Å². The maximum Gasteiger partial charge on any atom is 0.410 e. The number of hydrogen-bond donors (Lipinski definition) is 1.